The Bertz CT molecular complexity index is 269. The number of nitrogens with one attached hydrogen (secondary N) is 1. The fourth-order valence-electron chi connectivity index (χ4n) is 1.34. The zero-order valence-corrected chi connectivity index (χ0v) is 11.6. The van der Waals surface area contributed by atoms with Gasteiger partial charge in [0.05, 0.1) is 11.9 Å². The predicted octanol–water partition coefficient (Wildman–Crippen LogP) is -0.268. The second kappa shape index (κ2) is 5.92. The van der Waals surface area contributed by atoms with Crippen LogP contribution in [0.4, 0.5) is 0 Å². The lowest BCUT2D eigenvalue weighted by atomic mass is 10.5. The Morgan fingerprint density at radius 3 is 1.80 bits per heavy atom. The van der Waals surface area contributed by atoms with Crippen LogP contribution >= 0.6 is 0 Å². The minimum absolute atomic E-state index is 0.465. The van der Waals surface area contributed by atoms with E-state index in [2.05, 4.69) is 4.72 Å². The first-order chi connectivity index (χ1) is 6.85. The van der Waals surface area contributed by atoms with Crippen LogP contribution in [0.2, 0.25) is 0 Å². The van der Waals surface area contributed by atoms with Gasteiger partial charge in [0.25, 0.3) is 0 Å². The fraction of sp³-hybridized carbons (Fsp3) is 1.00. The molecule has 6 nitrogen and oxygen atoms in total. The maximum Gasteiger partial charge on any atom is 0.519 e. The van der Waals surface area contributed by atoms with Crippen molar-refractivity contribution in [3.8, 4) is 0 Å². The maximum atomic E-state index is 11.1. The molecule has 0 aromatic heterocycles. The summed E-state index contributed by atoms with van der Waals surface area (Å²) >= 11 is 0. The summed E-state index contributed by atoms with van der Waals surface area (Å²) in [6, 6.07) is 0. The van der Waals surface area contributed by atoms with Gasteiger partial charge in [0.2, 0.25) is 10.0 Å². The summed E-state index contributed by atoms with van der Waals surface area (Å²) in [5.41, 5.74) is -0.465. The molecule has 1 unspecified atom stereocenters. The third-order valence-electron chi connectivity index (χ3n) is 2.04. The first-order valence-electron chi connectivity index (χ1n) is 4.48. The molecule has 0 radical (unpaired) electrons. The Morgan fingerprint density at radius 1 is 1.20 bits per heavy atom. The second-order valence-electron chi connectivity index (χ2n) is 3.07. The Labute approximate surface area is 92.3 Å². The smallest absolute Gasteiger partial charge is 0.376 e. The van der Waals surface area contributed by atoms with Gasteiger partial charge < -0.3 is 13.3 Å². The highest BCUT2D eigenvalue weighted by atomic mass is 32.2. The first kappa shape index (κ1) is 15.0. The molecule has 0 aromatic carbocycles. The molecule has 0 saturated carbocycles. The average Bonchev–Trinajstić information content (AvgIpc) is 2.17. The van der Waals surface area contributed by atoms with Crippen molar-refractivity contribution in [1.29, 1.82) is 0 Å². The topological polar surface area (TPSA) is 73.9 Å². The summed E-state index contributed by atoms with van der Waals surface area (Å²) in [6.45, 7) is 1.83. The summed E-state index contributed by atoms with van der Waals surface area (Å²) in [6.07, 6.45) is 1.63. The molecule has 1 atom stereocenters. The monoisotopic (exact) mass is 257 g/mol. The van der Waals surface area contributed by atoms with Gasteiger partial charge >= 0.3 is 8.80 Å². The van der Waals surface area contributed by atoms with Crippen LogP contribution < -0.4 is 4.72 Å². The van der Waals surface area contributed by atoms with Crippen molar-refractivity contribution >= 4 is 18.8 Å². The lowest BCUT2D eigenvalue weighted by Gasteiger charge is -2.31. The van der Waals surface area contributed by atoms with Crippen LogP contribution in [-0.4, -0.2) is 50.5 Å². The van der Waals surface area contributed by atoms with E-state index in [0.717, 1.165) is 6.26 Å². The van der Waals surface area contributed by atoms with Gasteiger partial charge in [-0.15, -0.1) is 0 Å². The van der Waals surface area contributed by atoms with Gasteiger partial charge in [0.1, 0.15) is 0 Å². The van der Waals surface area contributed by atoms with Gasteiger partial charge in [-0.1, -0.05) is 6.92 Å². The zero-order chi connectivity index (χ0) is 12.1. The van der Waals surface area contributed by atoms with Gasteiger partial charge in [-0.2, -0.15) is 0 Å². The van der Waals surface area contributed by atoms with Crippen LogP contribution in [0.3, 0.4) is 0 Å². The Kier molecular flexibility index (Phi) is 5.92. The van der Waals surface area contributed by atoms with Crippen molar-refractivity contribution in [1.82, 2.24) is 4.72 Å². The van der Waals surface area contributed by atoms with Crippen LogP contribution in [0.25, 0.3) is 0 Å². The Hall–Kier alpha value is 0.00688. The molecule has 8 heteroatoms. The quantitative estimate of drug-likeness (QED) is 0.636. The number of hydrogen-bond donors (Lipinski definition) is 1. The van der Waals surface area contributed by atoms with E-state index in [9.17, 15) is 8.42 Å². The molecule has 0 aliphatic heterocycles. The number of hydrogen-bond acceptors (Lipinski definition) is 5. The van der Waals surface area contributed by atoms with Crippen molar-refractivity contribution in [3.63, 3.8) is 0 Å². The molecule has 0 saturated heterocycles. The molecule has 1 N–H and O–H groups in total. The molecule has 0 bridgehead atoms. The van der Waals surface area contributed by atoms with Crippen molar-refractivity contribution in [2.45, 2.75) is 19.0 Å². The molecule has 0 fully saturated rings. The molecular formula is C7H19NO5SSi. The molecule has 92 valence electrons. The normalized spacial score (nSPS) is 15.3. The van der Waals surface area contributed by atoms with Crippen LogP contribution in [-0.2, 0) is 23.3 Å². The summed E-state index contributed by atoms with van der Waals surface area (Å²) in [5.74, 6) is 0. The minimum Gasteiger partial charge on any atom is -0.376 e. The molecule has 0 aliphatic carbocycles. The number of sulfonamides is 1. The van der Waals surface area contributed by atoms with E-state index >= 15 is 0 Å². The molecular weight excluding hydrogens is 238 g/mol. The van der Waals surface area contributed by atoms with Gasteiger partial charge in [-0.3, -0.25) is 0 Å². The lowest BCUT2D eigenvalue weighted by molar-refractivity contribution is 0.110. The molecule has 0 rings (SSSR count). The highest BCUT2D eigenvalue weighted by Gasteiger charge is 2.47. The average molecular weight is 257 g/mol. The van der Waals surface area contributed by atoms with Crippen molar-refractivity contribution in [3.05, 3.63) is 0 Å². The number of rotatable bonds is 7. The van der Waals surface area contributed by atoms with Crippen molar-refractivity contribution in [2.24, 2.45) is 0 Å². The summed E-state index contributed by atoms with van der Waals surface area (Å²) in [7, 11) is -1.90. The second-order valence-corrected chi connectivity index (χ2v) is 7.98. The summed E-state index contributed by atoms with van der Waals surface area (Å²) < 4.78 is 40.3. The van der Waals surface area contributed by atoms with Gasteiger partial charge in [-0.05, 0) is 6.42 Å². The van der Waals surface area contributed by atoms with Crippen molar-refractivity contribution in [2.75, 3.05) is 27.6 Å². The zero-order valence-electron chi connectivity index (χ0n) is 9.73. The van der Waals surface area contributed by atoms with Gasteiger partial charge in [0, 0.05) is 21.3 Å². The predicted molar refractivity (Wildman–Crippen MR) is 58.8 cm³/mol. The summed E-state index contributed by atoms with van der Waals surface area (Å²) in [5, 5.41) is 0. The van der Waals surface area contributed by atoms with Gasteiger partial charge in [-0.25, -0.2) is 13.1 Å². The Morgan fingerprint density at radius 2 is 1.60 bits per heavy atom. The standard InChI is InChI=1S/C7H19NO5SSi/c1-6-7(8-14(5,9)10)15(11-2,12-3)13-4/h7-8H,6H2,1-5H3. The van der Waals surface area contributed by atoms with Crippen LogP contribution in [0.15, 0.2) is 0 Å². The van der Waals surface area contributed by atoms with E-state index < -0.39 is 24.5 Å². The lowest BCUT2D eigenvalue weighted by Crippen LogP contribution is -2.61. The highest BCUT2D eigenvalue weighted by Crippen LogP contribution is 2.15. The molecule has 0 heterocycles. The van der Waals surface area contributed by atoms with E-state index in [1.165, 1.54) is 21.3 Å². The van der Waals surface area contributed by atoms with Gasteiger partial charge in [0.15, 0.2) is 0 Å². The molecule has 0 aromatic rings. The van der Waals surface area contributed by atoms with Crippen LogP contribution in [0, 0.1) is 0 Å². The van der Waals surface area contributed by atoms with E-state index in [1.807, 2.05) is 6.92 Å². The third kappa shape index (κ3) is 4.17. The minimum atomic E-state index is -3.30. The van der Waals surface area contributed by atoms with E-state index in [1.54, 1.807) is 0 Å². The molecule has 0 aliphatic rings. The molecule has 15 heavy (non-hydrogen) atoms. The Balaban J connectivity index is 4.90. The third-order valence-corrected chi connectivity index (χ3v) is 6.08. The van der Waals surface area contributed by atoms with Crippen LogP contribution in [0.5, 0.6) is 0 Å². The summed E-state index contributed by atoms with van der Waals surface area (Å²) in [4.78, 5) is 0. The largest absolute Gasteiger partial charge is 0.519 e. The maximum absolute atomic E-state index is 11.1. The fourth-order valence-corrected chi connectivity index (χ4v) is 5.10. The SMILES string of the molecule is CCC(NS(C)(=O)=O)[Si](OC)(OC)OC. The molecule has 0 amide bonds. The van der Waals surface area contributed by atoms with E-state index in [-0.39, 0.29) is 0 Å². The highest BCUT2D eigenvalue weighted by molar-refractivity contribution is 7.88. The van der Waals surface area contributed by atoms with E-state index in [0.29, 0.717) is 6.42 Å². The van der Waals surface area contributed by atoms with Crippen molar-refractivity contribution < 1.29 is 21.7 Å². The van der Waals surface area contributed by atoms with Crippen LogP contribution in [0.1, 0.15) is 13.3 Å². The van der Waals surface area contributed by atoms with E-state index in [4.69, 9.17) is 13.3 Å². The molecule has 0 spiro atoms. The first-order valence-corrected chi connectivity index (χ1v) is 8.17.